The molecular weight excluding hydrogens is 280 g/mol. The lowest BCUT2D eigenvalue weighted by molar-refractivity contribution is 0.0573. The largest absolute Gasteiger partial charge is 0.494 e. The van der Waals surface area contributed by atoms with E-state index in [1.165, 1.54) is 12.8 Å². The van der Waals surface area contributed by atoms with Crippen molar-refractivity contribution < 1.29 is 9.84 Å². The van der Waals surface area contributed by atoms with E-state index < -0.39 is 0 Å². The van der Waals surface area contributed by atoms with Gasteiger partial charge in [-0.1, -0.05) is 34.8 Å². The molecule has 2 rings (SSSR count). The van der Waals surface area contributed by atoms with Crippen molar-refractivity contribution in [1.29, 1.82) is 0 Å². The van der Waals surface area contributed by atoms with E-state index in [-0.39, 0.29) is 6.10 Å². The van der Waals surface area contributed by atoms with Gasteiger partial charge in [-0.15, -0.1) is 0 Å². The molecule has 2 atom stereocenters. The minimum Gasteiger partial charge on any atom is -0.494 e. The van der Waals surface area contributed by atoms with Gasteiger partial charge in [0.2, 0.25) is 0 Å². The van der Waals surface area contributed by atoms with E-state index in [9.17, 15) is 5.11 Å². The molecule has 0 aromatic heterocycles. The van der Waals surface area contributed by atoms with E-state index in [1.54, 1.807) is 0 Å². The van der Waals surface area contributed by atoms with Crippen molar-refractivity contribution in [2.75, 3.05) is 6.61 Å². The van der Waals surface area contributed by atoms with Crippen LogP contribution in [0.1, 0.15) is 32.1 Å². The molecule has 0 aliphatic heterocycles. The number of aliphatic hydroxyl groups is 1. The molecule has 0 radical (unpaired) electrons. The van der Waals surface area contributed by atoms with Crippen molar-refractivity contribution in [3.63, 3.8) is 0 Å². The number of aliphatic hydroxyl groups excluding tert-OH is 1. The van der Waals surface area contributed by atoms with Gasteiger partial charge in [0, 0.05) is 4.47 Å². The summed E-state index contributed by atoms with van der Waals surface area (Å²) in [5.74, 6) is 1.32. The maximum Gasteiger partial charge on any atom is 0.120 e. The molecule has 1 N–H and O–H groups in total. The van der Waals surface area contributed by atoms with Crippen LogP contribution in [-0.4, -0.2) is 17.8 Å². The zero-order valence-electron chi connectivity index (χ0n) is 9.94. The van der Waals surface area contributed by atoms with E-state index in [0.29, 0.717) is 12.5 Å². The summed E-state index contributed by atoms with van der Waals surface area (Å²) in [6.07, 6.45) is 5.36. The number of hydrogen-bond donors (Lipinski definition) is 1. The van der Waals surface area contributed by atoms with Crippen LogP contribution in [-0.2, 0) is 0 Å². The number of ether oxygens (including phenoxy) is 1. The van der Waals surface area contributed by atoms with Crippen LogP contribution in [0.3, 0.4) is 0 Å². The maximum atomic E-state index is 9.85. The predicted octanol–water partition coefficient (Wildman–Crippen LogP) is 3.77. The Hall–Kier alpha value is -0.540. The van der Waals surface area contributed by atoms with Crippen LogP contribution in [0, 0.1) is 5.92 Å². The Kier molecular flexibility index (Phi) is 4.86. The Morgan fingerprint density at radius 3 is 2.88 bits per heavy atom. The smallest absolute Gasteiger partial charge is 0.120 e. The van der Waals surface area contributed by atoms with Crippen LogP contribution in [0.2, 0.25) is 0 Å². The van der Waals surface area contributed by atoms with Crippen molar-refractivity contribution in [3.8, 4) is 5.75 Å². The van der Waals surface area contributed by atoms with Gasteiger partial charge in [-0.05, 0) is 43.4 Å². The van der Waals surface area contributed by atoms with Gasteiger partial charge in [0.15, 0.2) is 0 Å². The summed E-state index contributed by atoms with van der Waals surface area (Å²) >= 11 is 3.42. The second-order valence-corrected chi connectivity index (χ2v) is 5.62. The first-order valence-corrected chi connectivity index (χ1v) is 7.11. The molecule has 1 aliphatic rings. The normalized spacial score (nSPS) is 24.6. The van der Waals surface area contributed by atoms with Crippen LogP contribution in [0.25, 0.3) is 0 Å². The molecule has 1 aromatic rings. The third kappa shape index (κ3) is 4.00. The third-order valence-electron chi connectivity index (χ3n) is 3.42. The summed E-state index contributed by atoms with van der Waals surface area (Å²) < 4.78 is 6.73. The Balaban J connectivity index is 1.75. The minimum absolute atomic E-state index is 0.116. The van der Waals surface area contributed by atoms with E-state index >= 15 is 0 Å². The van der Waals surface area contributed by atoms with Crippen LogP contribution in [0.5, 0.6) is 5.75 Å². The lowest BCUT2D eigenvalue weighted by atomic mass is 9.85. The van der Waals surface area contributed by atoms with Crippen LogP contribution in [0.15, 0.2) is 28.7 Å². The first-order valence-electron chi connectivity index (χ1n) is 6.32. The Labute approximate surface area is 111 Å². The summed E-state index contributed by atoms with van der Waals surface area (Å²) in [4.78, 5) is 0. The van der Waals surface area contributed by atoms with Crippen molar-refractivity contribution in [1.82, 2.24) is 0 Å². The summed E-state index contributed by atoms with van der Waals surface area (Å²) in [5, 5.41) is 9.85. The quantitative estimate of drug-likeness (QED) is 0.917. The van der Waals surface area contributed by atoms with Crippen LogP contribution in [0.4, 0.5) is 0 Å². The highest BCUT2D eigenvalue weighted by Crippen LogP contribution is 2.27. The van der Waals surface area contributed by atoms with E-state index in [0.717, 1.165) is 29.5 Å². The molecule has 2 nitrogen and oxygen atoms in total. The van der Waals surface area contributed by atoms with Crippen molar-refractivity contribution in [3.05, 3.63) is 28.7 Å². The first-order chi connectivity index (χ1) is 8.25. The first kappa shape index (κ1) is 12.9. The highest BCUT2D eigenvalue weighted by atomic mass is 79.9. The van der Waals surface area contributed by atoms with Gasteiger partial charge >= 0.3 is 0 Å². The molecular formula is C14H19BrO2. The monoisotopic (exact) mass is 298 g/mol. The Morgan fingerprint density at radius 2 is 2.12 bits per heavy atom. The zero-order chi connectivity index (χ0) is 12.1. The molecule has 3 heteroatoms. The van der Waals surface area contributed by atoms with Crippen molar-refractivity contribution in [2.45, 2.75) is 38.2 Å². The summed E-state index contributed by atoms with van der Waals surface area (Å²) in [6, 6.07) is 7.88. The number of halogens is 1. The average molecular weight is 299 g/mol. The molecule has 94 valence electrons. The lowest BCUT2D eigenvalue weighted by Crippen LogP contribution is -2.25. The SMILES string of the molecule is OC1CCCCC1CCOc1cccc(Br)c1. The third-order valence-corrected chi connectivity index (χ3v) is 3.92. The number of rotatable bonds is 4. The summed E-state index contributed by atoms with van der Waals surface area (Å²) in [7, 11) is 0. The topological polar surface area (TPSA) is 29.5 Å². The van der Waals surface area contributed by atoms with Gasteiger partial charge in [0.1, 0.15) is 5.75 Å². The second kappa shape index (κ2) is 6.41. The fourth-order valence-corrected chi connectivity index (χ4v) is 2.79. The van der Waals surface area contributed by atoms with E-state index in [4.69, 9.17) is 4.74 Å². The van der Waals surface area contributed by atoms with Crippen molar-refractivity contribution >= 4 is 15.9 Å². The molecule has 1 aromatic carbocycles. The molecule has 0 heterocycles. The second-order valence-electron chi connectivity index (χ2n) is 4.71. The van der Waals surface area contributed by atoms with Gasteiger partial charge in [0.25, 0.3) is 0 Å². The molecule has 1 saturated carbocycles. The molecule has 1 fully saturated rings. The summed E-state index contributed by atoms with van der Waals surface area (Å²) in [5.41, 5.74) is 0. The predicted molar refractivity (Wildman–Crippen MR) is 72.2 cm³/mol. The molecule has 0 spiro atoms. The van der Waals surface area contributed by atoms with Crippen molar-refractivity contribution in [2.24, 2.45) is 5.92 Å². The molecule has 1 aliphatic carbocycles. The highest BCUT2D eigenvalue weighted by molar-refractivity contribution is 9.10. The van der Waals surface area contributed by atoms with Crippen LogP contribution >= 0.6 is 15.9 Å². The Bertz CT molecular complexity index is 354. The van der Waals surface area contributed by atoms with Gasteiger partial charge < -0.3 is 9.84 Å². The highest BCUT2D eigenvalue weighted by Gasteiger charge is 2.22. The number of benzene rings is 1. The molecule has 2 unspecified atom stereocenters. The van der Waals surface area contributed by atoms with Gasteiger partial charge in [-0.3, -0.25) is 0 Å². The van der Waals surface area contributed by atoms with E-state index in [2.05, 4.69) is 15.9 Å². The van der Waals surface area contributed by atoms with Gasteiger partial charge in [0.05, 0.1) is 12.7 Å². The van der Waals surface area contributed by atoms with E-state index in [1.807, 2.05) is 24.3 Å². The lowest BCUT2D eigenvalue weighted by Gasteiger charge is -2.27. The minimum atomic E-state index is -0.116. The number of hydrogen-bond acceptors (Lipinski definition) is 2. The maximum absolute atomic E-state index is 9.85. The molecule has 0 saturated heterocycles. The summed E-state index contributed by atoms with van der Waals surface area (Å²) in [6.45, 7) is 0.693. The van der Waals surface area contributed by atoms with Gasteiger partial charge in [-0.2, -0.15) is 0 Å². The standard InChI is InChI=1S/C14H19BrO2/c15-12-5-3-6-13(10-12)17-9-8-11-4-1-2-7-14(11)16/h3,5-6,10-11,14,16H,1-2,4,7-9H2. The molecule has 0 amide bonds. The molecule has 17 heavy (non-hydrogen) atoms. The Morgan fingerprint density at radius 1 is 1.29 bits per heavy atom. The van der Waals surface area contributed by atoms with Gasteiger partial charge in [-0.25, -0.2) is 0 Å². The fourth-order valence-electron chi connectivity index (χ4n) is 2.41. The average Bonchev–Trinajstić information content (AvgIpc) is 2.32. The zero-order valence-corrected chi connectivity index (χ0v) is 11.5. The van der Waals surface area contributed by atoms with Crippen LogP contribution < -0.4 is 4.74 Å². The molecule has 0 bridgehead atoms. The fraction of sp³-hybridized carbons (Fsp3) is 0.571.